The van der Waals surface area contributed by atoms with Crippen molar-refractivity contribution in [3.63, 3.8) is 0 Å². The van der Waals surface area contributed by atoms with E-state index in [2.05, 4.69) is 43.1 Å². The molecular weight excluding hydrogens is 340 g/mol. The molecule has 0 aromatic heterocycles. The van der Waals surface area contributed by atoms with Crippen molar-refractivity contribution in [2.75, 3.05) is 19.7 Å². The predicted octanol–water partition coefficient (Wildman–Crippen LogP) is 2.79. The number of ether oxygens (including phenoxy) is 1. The van der Waals surface area contributed by atoms with Crippen molar-refractivity contribution in [1.82, 2.24) is 10.2 Å². The topological polar surface area (TPSA) is 58.6 Å². The second-order valence-corrected chi connectivity index (χ2v) is 8.97. The minimum absolute atomic E-state index is 0.0678. The molecule has 1 aliphatic heterocycles. The average molecular weight is 373 g/mol. The Hall–Kier alpha value is -1.72. The van der Waals surface area contributed by atoms with Crippen LogP contribution >= 0.6 is 0 Å². The number of hydrogen-bond acceptors (Lipinski definition) is 5. The minimum atomic E-state index is -1.01. The first-order valence-corrected chi connectivity index (χ1v) is 10.0. The van der Waals surface area contributed by atoms with Crippen LogP contribution in [0.4, 0.5) is 0 Å². The number of esters is 1. The van der Waals surface area contributed by atoms with Gasteiger partial charge in [-0.1, -0.05) is 30.3 Å². The van der Waals surface area contributed by atoms with Crippen LogP contribution in [0.15, 0.2) is 30.3 Å². The molecule has 1 saturated heterocycles. The molecule has 3 atom stereocenters. The first kappa shape index (κ1) is 20.0. The van der Waals surface area contributed by atoms with E-state index in [1.54, 1.807) is 6.92 Å². The highest BCUT2D eigenvalue weighted by molar-refractivity contribution is 6.06. The van der Waals surface area contributed by atoms with Crippen LogP contribution in [0.5, 0.6) is 0 Å². The Bertz CT molecular complexity index is 683. The lowest BCUT2D eigenvalue weighted by atomic mass is 9.63. The maximum absolute atomic E-state index is 13.4. The van der Waals surface area contributed by atoms with Crippen LogP contribution in [0.25, 0.3) is 0 Å². The SMILES string of the molecule is CCOC(=O)C12CCC(NC(C)(C)C)C(CN(Cc3ccccc3)C1)C2=O. The Balaban J connectivity index is 1.87. The van der Waals surface area contributed by atoms with E-state index in [1.165, 1.54) is 5.56 Å². The van der Waals surface area contributed by atoms with Gasteiger partial charge in [-0.05, 0) is 46.1 Å². The zero-order valence-electron chi connectivity index (χ0n) is 17.0. The van der Waals surface area contributed by atoms with E-state index in [1.807, 2.05) is 18.2 Å². The molecule has 3 rings (SSSR count). The summed E-state index contributed by atoms with van der Waals surface area (Å²) < 4.78 is 5.36. The van der Waals surface area contributed by atoms with E-state index >= 15 is 0 Å². The quantitative estimate of drug-likeness (QED) is 0.636. The van der Waals surface area contributed by atoms with Gasteiger partial charge in [0.1, 0.15) is 5.41 Å². The molecule has 5 heteroatoms. The number of nitrogens with one attached hydrogen (secondary N) is 1. The number of rotatable bonds is 5. The summed E-state index contributed by atoms with van der Waals surface area (Å²) in [5.41, 5.74) is 0.115. The van der Waals surface area contributed by atoms with Gasteiger partial charge in [0, 0.05) is 37.1 Å². The number of fused-ring (bicyclic) bond motifs is 2. The maximum Gasteiger partial charge on any atom is 0.320 e. The molecule has 1 aliphatic carbocycles. The third-order valence-electron chi connectivity index (χ3n) is 5.66. The third-order valence-corrected chi connectivity index (χ3v) is 5.66. The molecule has 1 saturated carbocycles. The Kier molecular flexibility index (Phi) is 5.73. The van der Waals surface area contributed by atoms with Crippen molar-refractivity contribution < 1.29 is 14.3 Å². The maximum atomic E-state index is 13.4. The molecular formula is C22H32N2O3. The van der Waals surface area contributed by atoms with Crippen molar-refractivity contribution >= 4 is 11.8 Å². The molecule has 0 amide bonds. The fraction of sp³-hybridized carbons (Fsp3) is 0.636. The molecule has 1 aromatic carbocycles. The van der Waals surface area contributed by atoms with Crippen LogP contribution in [-0.2, 0) is 20.9 Å². The van der Waals surface area contributed by atoms with E-state index in [9.17, 15) is 9.59 Å². The first-order chi connectivity index (χ1) is 12.7. The van der Waals surface area contributed by atoms with Crippen LogP contribution in [0.3, 0.4) is 0 Å². The van der Waals surface area contributed by atoms with E-state index in [4.69, 9.17) is 4.74 Å². The third kappa shape index (κ3) is 4.25. The summed E-state index contributed by atoms with van der Waals surface area (Å²) in [6, 6.07) is 10.3. The Morgan fingerprint density at radius 3 is 2.63 bits per heavy atom. The highest BCUT2D eigenvalue weighted by Crippen LogP contribution is 2.43. The number of carbonyl (C=O) groups is 2. The van der Waals surface area contributed by atoms with Gasteiger partial charge in [0.15, 0.2) is 5.78 Å². The van der Waals surface area contributed by atoms with E-state index in [0.29, 0.717) is 26.1 Å². The normalized spacial score (nSPS) is 28.8. The van der Waals surface area contributed by atoms with Gasteiger partial charge in [-0.3, -0.25) is 14.5 Å². The summed E-state index contributed by atoms with van der Waals surface area (Å²) in [5.74, 6) is -0.454. The standard InChI is InChI=1S/C22H32N2O3/c1-5-27-20(26)22-12-11-18(23-21(2,3)4)17(19(22)25)14-24(15-22)13-16-9-7-6-8-10-16/h6-10,17-18,23H,5,11-15H2,1-4H3. The van der Waals surface area contributed by atoms with Gasteiger partial charge < -0.3 is 10.1 Å². The van der Waals surface area contributed by atoms with Crippen LogP contribution in [-0.4, -0.2) is 47.9 Å². The van der Waals surface area contributed by atoms with Crippen LogP contribution in [0.1, 0.15) is 46.1 Å². The van der Waals surface area contributed by atoms with E-state index < -0.39 is 5.41 Å². The van der Waals surface area contributed by atoms with Gasteiger partial charge in [0.25, 0.3) is 0 Å². The number of carbonyl (C=O) groups excluding carboxylic acids is 2. The monoisotopic (exact) mass is 372 g/mol. The predicted molar refractivity (Wildman–Crippen MR) is 105 cm³/mol. The van der Waals surface area contributed by atoms with Crippen LogP contribution in [0, 0.1) is 11.3 Å². The Morgan fingerprint density at radius 1 is 1.30 bits per heavy atom. The molecule has 148 valence electrons. The first-order valence-electron chi connectivity index (χ1n) is 10.0. The lowest BCUT2D eigenvalue weighted by Gasteiger charge is -2.50. The molecule has 1 aromatic rings. The Labute approximate surface area is 162 Å². The summed E-state index contributed by atoms with van der Waals surface area (Å²) in [5, 5.41) is 3.62. The molecule has 1 N–H and O–H groups in total. The Morgan fingerprint density at radius 2 is 2.00 bits per heavy atom. The second kappa shape index (κ2) is 7.72. The lowest BCUT2D eigenvalue weighted by molar-refractivity contribution is -0.171. The summed E-state index contributed by atoms with van der Waals surface area (Å²) in [7, 11) is 0. The minimum Gasteiger partial charge on any atom is -0.465 e. The van der Waals surface area contributed by atoms with Gasteiger partial charge in [-0.25, -0.2) is 0 Å². The van der Waals surface area contributed by atoms with Gasteiger partial charge in [-0.2, -0.15) is 0 Å². The average Bonchev–Trinajstić information content (AvgIpc) is 2.59. The largest absolute Gasteiger partial charge is 0.465 e. The summed E-state index contributed by atoms with van der Waals surface area (Å²) >= 11 is 0. The summed E-state index contributed by atoms with van der Waals surface area (Å²) in [6.07, 6.45) is 1.38. The number of piperidine rings is 1. The van der Waals surface area contributed by atoms with E-state index in [-0.39, 0.29) is 29.3 Å². The molecule has 2 aliphatic rings. The van der Waals surface area contributed by atoms with Crippen LogP contribution in [0.2, 0.25) is 0 Å². The van der Waals surface area contributed by atoms with Gasteiger partial charge in [0.2, 0.25) is 0 Å². The number of benzene rings is 1. The van der Waals surface area contributed by atoms with Gasteiger partial charge >= 0.3 is 5.97 Å². The smallest absolute Gasteiger partial charge is 0.320 e. The molecule has 2 bridgehead atoms. The van der Waals surface area contributed by atoms with Crippen molar-refractivity contribution in [2.45, 2.75) is 58.7 Å². The number of Topliss-reactive ketones (excluding diaryl/α,β-unsaturated/α-hetero) is 1. The van der Waals surface area contributed by atoms with Gasteiger partial charge in [-0.15, -0.1) is 0 Å². The molecule has 0 spiro atoms. The lowest BCUT2D eigenvalue weighted by Crippen LogP contribution is -2.66. The van der Waals surface area contributed by atoms with Crippen molar-refractivity contribution in [3.8, 4) is 0 Å². The molecule has 2 fully saturated rings. The summed E-state index contributed by atoms with van der Waals surface area (Å²) in [6.45, 7) is 10.4. The fourth-order valence-corrected chi connectivity index (χ4v) is 4.58. The number of ketones is 1. The molecule has 27 heavy (non-hydrogen) atoms. The molecule has 5 nitrogen and oxygen atoms in total. The number of nitrogens with zero attached hydrogens (tertiary/aromatic N) is 1. The van der Waals surface area contributed by atoms with E-state index in [0.717, 1.165) is 13.0 Å². The fourth-order valence-electron chi connectivity index (χ4n) is 4.58. The van der Waals surface area contributed by atoms with Crippen LogP contribution < -0.4 is 5.32 Å². The van der Waals surface area contributed by atoms with Crippen molar-refractivity contribution in [3.05, 3.63) is 35.9 Å². The van der Waals surface area contributed by atoms with Crippen molar-refractivity contribution in [2.24, 2.45) is 11.3 Å². The molecule has 0 radical (unpaired) electrons. The number of hydrogen-bond donors (Lipinski definition) is 1. The second-order valence-electron chi connectivity index (χ2n) is 8.97. The highest BCUT2D eigenvalue weighted by atomic mass is 16.5. The van der Waals surface area contributed by atoms with Crippen molar-refractivity contribution in [1.29, 1.82) is 0 Å². The van der Waals surface area contributed by atoms with Gasteiger partial charge in [0.05, 0.1) is 6.61 Å². The zero-order chi connectivity index (χ0) is 19.7. The zero-order valence-corrected chi connectivity index (χ0v) is 17.0. The molecule has 3 unspecified atom stereocenters. The molecule has 1 heterocycles. The number of likely N-dealkylation sites (tertiary alicyclic amines) is 1. The highest BCUT2D eigenvalue weighted by Gasteiger charge is 2.58. The summed E-state index contributed by atoms with van der Waals surface area (Å²) in [4.78, 5) is 28.5.